The van der Waals surface area contributed by atoms with E-state index >= 15 is 0 Å². The van der Waals surface area contributed by atoms with Crippen molar-refractivity contribution in [3.8, 4) is 5.75 Å². The fourth-order valence-corrected chi connectivity index (χ4v) is 4.77. The van der Waals surface area contributed by atoms with Crippen LogP contribution < -0.4 is 15.4 Å². The maximum absolute atomic E-state index is 13.2. The van der Waals surface area contributed by atoms with Gasteiger partial charge in [-0.25, -0.2) is 0 Å². The molecule has 3 amide bonds. The number of ether oxygens (including phenoxy) is 1. The fraction of sp³-hybridized carbons (Fsp3) is 0.393. The molecule has 0 atom stereocenters. The number of hydrogen-bond donors (Lipinski definition) is 2. The van der Waals surface area contributed by atoms with Crippen LogP contribution in [0.25, 0.3) is 0 Å². The molecule has 1 fully saturated rings. The Bertz CT molecular complexity index is 1190. The maximum Gasteiger partial charge on any atom is 0.279 e. The predicted octanol–water partition coefficient (Wildman–Crippen LogP) is 5.99. The van der Waals surface area contributed by atoms with Gasteiger partial charge in [-0.05, 0) is 56.0 Å². The first-order valence-corrected chi connectivity index (χ1v) is 13.0. The largest absolute Gasteiger partial charge is 0.491 e. The molecule has 4 rings (SSSR count). The molecular weight excluding hydrogens is 478 g/mol. The van der Waals surface area contributed by atoms with Crippen LogP contribution in [0.2, 0.25) is 0 Å². The summed E-state index contributed by atoms with van der Waals surface area (Å²) in [7, 11) is 0. The lowest BCUT2D eigenvalue weighted by Crippen LogP contribution is -2.42. The van der Waals surface area contributed by atoms with Crippen molar-refractivity contribution in [2.45, 2.75) is 64.8 Å². The molecule has 1 heterocycles. The van der Waals surface area contributed by atoms with Crippen LogP contribution in [-0.2, 0) is 9.59 Å². The Hall–Kier alpha value is -3.32. The number of rotatable bonds is 9. The molecule has 1 saturated carbocycles. The second-order valence-corrected chi connectivity index (χ2v) is 9.65. The Labute approximate surface area is 216 Å². The normalized spacial score (nSPS) is 16.5. The number of amides is 3. The summed E-state index contributed by atoms with van der Waals surface area (Å²) in [6.07, 6.45) is 6.63. The molecule has 1 aliphatic carbocycles. The summed E-state index contributed by atoms with van der Waals surface area (Å²) >= 11 is 6.33. The van der Waals surface area contributed by atoms with E-state index in [1.54, 1.807) is 24.3 Å². The first kappa shape index (κ1) is 25.8. The number of anilines is 2. The topological polar surface area (TPSA) is 87.7 Å². The number of aryl methyl sites for hydroxylation is 1. The van der Waals surface area contributed by atoms with Crippen LogP contribution in [0.15, 0.2) is 53.2 Å². The van der Waals surface area contributed by atoms with E-state index in [-0.39, 0.29) is 22.7 Å². The van der Waals surface area contributed by atoms with Gasteiger partial charge in [0.05, 0.1) is 12.3 Å². The fourth-order valence-electron chi connectivity index (χ4n) is 4.55. The molecular formula is C28H32ClN3O4. The van der Waals surface area contributed by atoms with E-state index in [2.05, 4.69) is 17.6 Å². The van der Waals surface area contributed by atoms with Crippen LogP contribution in [0.3, 0.4) is 0 Å². The van der Waals surface area contributed by atoms with Crippen LogP contribution >= 0.6 is 11.6 Å². The van der Waals surface area contributed by atoms with E-state index in [9.17, 15) is 14.4 Å². The van der Waals surface area contributed by atoms with Crippen LogP contribution in [0, 0.1) is 6.92 Å². The standard InChI is InChI=1S/C28H32ClN3O4/c1-3-4-16-36-23-13-9-8-12-21(23)31-26(33)19-15-14-18(2)22(17-19)30-25-24(29)27(34)32(28(25)35)20-10-6-5-7-11-20/h8-9,12-15,17,20,30H,3-7,10-11,16H2,1-2H3,(H,31,33). The summed E-state index contributed by atoms with van der Waals surface area (Å²) < 4.78 is 5.82. The minimum Gasteiger partial charge on any atom is -0.491 e. The van der Waals surface area contributed by atoms with E-state index in [4.69, 9.17) is 16.3 Å². The maximum atomic E-state index is 13.2. The van der Waals surface area contributed by atoms with Gasteiger partial charge in [0, 0.05) is 17.3 Å². The quantitative estimate of drug-likeness (QED) is 0.320. The van der Waals surface area contributed by atoms with Gasteiger partial charge >= 0.3 is 0 Å². The number of carbonyl (C=O) groups is 3. The summed E-state index contributed by atoms with van der Waals surface area (Å²) in [5.41, 5.74) is 2.38. The zero-order chi connectivity index (χ0) is 25.7. The Morgan fingerprint density at radius 3 is 2.56 bits per heavy atom. The smallest absolute Gasteiger partial charge is 0.279 e. The first-order valence-electron chi connectivity index (χ1n) is 12.6. The van der Waals surface area contributed by atoms with Crippen LogP contribution in [0.5, 0.6) is 5.75 Å². The first-order chi connectivity index (χ1) is 17.4. The van der Waals surface area contributed by atoms with Crippen molar-refractivity contribution < 1.29 is 19.1 Å². The van der Waals surface area contributed by atoms with Crippen molar-refractivity contribution in [3.63, 3.8) is 0 Å². The molecule has 0 unspecified atom stereocenters. The Balaban J connectivity index is 1.51. The highest BCUT2D eigenvalue weighted by Crippen LogP contribution is 2.33. The van der Waals surface area contributed by atoms with Gasteiger partial charge in [0.15, 0.2) is 0 Å². The van der Waals surface area contributed by atoms with E-state index < -0.39 is 11.8 Å². The van der Waals surface area contributed by atoms with E-state index in [1.807, 2.05) is 25.1 Å². The average molecular weight is 510 g/mol. The van der Waals surface area contributed by atoms with Crippen molar-refractivity contribution in [2.75, 3.05) is 17.2 Å². The minimum absolute atomic E-state index is 0.0579. The molecule has 36 heavy (non-hydrogen) atoms. The molecule has 1 aliphatic heterocycles. The van der Waals surface area contributed by atoms with Gasteiger partial charge in [0.1, 0.15) is 16.5 Å². The number of unbranched alkanes of at least 4 members (excludes halogenated alkanes) is 1. The van der Waals surface area contributed by atoms with E-state index in [0.717, 1.165) is 50.5 Å². The van der Waals surface area contributed by atoms with Gasteiger partial charge in [-0.1, -0.05) is 62.4 Å². The number of para-hydroxylation sites is 2. The second-order valence-electron chi connectivity index (χ2n) is 9.27. The number of halogens is 1. The summed E-state index contributed by atoms with van der Waals surface area (Å²) in [6.45, 7) is 4.52. The number of benzene rings is 2. The van der Waals surface area contributed by atoms with Gasteiger partial charge in [-0.2, -0.15) is 0 Å². The number of carbonyl (C=O) groups excluding carboxylic acids is 3. The highest BCUT2D eigenvalue weighted by molar-refractivity contribution is 6.48. The SMILES string of the molecule is CCCCOc1ccccc1NC(=O)c1ccc(C)c(NC2=C(Cl)C(=O)N(C3CCCCC3)C2=O)c1. The van der Waals surface area contributed by atoms with Crippen molar-refractivity contribution >= 4 is 40.7 Å². The minimum atomic E-state index is -0.456. The Morgan fingerprint density at radius 1 is 1.06 bits per heavy atom. The van der Waals surface area contributed by atoms with Gasteiger partial charge < -0.3 is 15.4 Å². The molecule has 2 N–H and O–H groups in total. The van der Waals surface area contributed by atoms with Crippen molar-refractivity contribution in [1.29, 1.82) is 0 Å². The molecule has 7 nitrogen and oxygen atoms in total. The number of nitrogens with one attached hydrogen (secondary N) is 2. The summed E-state index contributed by atoms with van der Waals surface area (Å²) in [5.74, 6) is -0.575. The van der Waals surface area contributed by atoms with Gasteiger partial charge in [-0.3, -0.25) is 19.3 Å². The molecule has 2 aromatic carbocycles. The molecule has 2 aromatic rings. The molecule has 2 aliphatic rings. The lowest BCUT2D eigenvalue weighted by Gasteiger charge is -2.29. The number of hydrogen-bond acceptors (Lipinski definition) is 5. The van der Waals surface area contributed by atoms with Gasteiger partial charge in [0.25, 0.3) is 17.7 Å². The highest BCUT2D eigenvalue weighted by Gasteiger charge is 2.42. The predicted molar refractivity (Wildman–Crippen MR) is 141 cm³/mol. The third-order valence-corrected chi connectivity index (χ3v) is 7.00. The monoisotopic (exact) mass is 509 g/mol. The third-order valence-electron chi connectivity index (χ3n) is 6.65. The number of nitrogens with zero attached hydrogens (tertiary/aromatic N) is 1. The third kappa shape index (κ3) is 5.57. The van der Waals surface area contributed by atoms with Gasteiger partial charge in [-0.15, -0.1) is 0 Å². The average Bonchev–Trinajstić information content (AvgIpc) is 3.09. The molecule has 0 radical (unpaired) electrons. The van der Waals surface area contributed by atoms with E-state index in [1.165, 1.54) is 4.90 Å². The zero-order valence-corrected chi connectivity index (χ0v) is 21.5. The second kappa shape index (κ2) is 11.6. The molecule has 0 bridgehead atoms. The van der Waals surface area contributed by atoms with Crippen LogP contribution in [0.1, 0.15) is 67.8 Å². The van der Waals surface area contributed by atoms with Crippen LogP contribution in [-0.4, -0.2) is 35.3 Å². The Morgan fingerprint density at radius 2 is 1.81 bits per heavy atom. The summed E-state index contributed by atoms with van der Waals surface area (Å²) in [5, 5.41) is 5.84. The molecule has 0 spiro atoms. The summed E-state index contributed by atoms with van der Waals surface area (Å²) in [6, 6.07) is 12.3. The molecule has 0 aromatic heterocycles. The number of imide groups is 1. The lowest BCUT2D eigenvalue weighted by molar-refractivity contribution is -0.140. The molecule has 8 heteroatoms. The van der Waals surface area contributed by atoms with Crippen molar-refractivity contribution in [1.82, 2.24) is 4.90 Å². The molecule has 0 saturated heterocycles. The summed E-state index contributed by atoms with van der Waals surface area (Å²) in [4.78, 5) is 40.3. The van der Waals surface area contributed by atoms with Crippen molar-refractivity contribution in [2.24, 2.45) is 0 Å². The Kier molecular flexibility index (Phi) is 8.31. The highest BCUT2D eigenvalue weighted by atomic mass is 35.5. The van der Waals surface area contributed by atoms with Crippen LogP contribution in [0.4, 0.5) is 11.4 Å². The molecule has 190 valence electrons. The van der Waals surface area contributed by atoms with Crippen molar-refractivity contribution in [3.05, 3.63) is 64.3 Å². The zero-order valence-electron chi connectivity index (χ0n) is 20.7. The van der Waals surface area contributed by atoms with Gasteiger partial charge in [0.2, 0.25) is 0 Å². The lowest BCUT2D eigenvalue weighted by atomic mass is 9.94. The van der Waals surface area contributed by atoms with E-state index in [0.29, 0.717) is 29.3 Å².